The summed E-state index contributed by atoms with van der Waals surface area (Å²) in [7, 11) is 0. The summed E-state index contributed by atoms with van der Waals surface area (Å²) in [5, 5.41) is 0. The number of carbonyl (C=O) groups excluding carboxylic acids is 2. The molecule has 1 aliphatic heterocycles. The number of hydrogen-bond donors (Lipinski definition) is 1. The highest BCUT2D eigenvalue weighted by Gasteiger charge is 2.32. The fourth-order valence-corrected chi connectivity index (χ4v) is 3.38. The van der Waals surface area contributed by atoms with E-state index in [2.05, 4.69) is 4.90 Å². The largest absolute Gasteiger partial charge is 0.368 e. The average Bonchev–Trinajstić information content (AvgIpc) is 2.68. The maximum atomic E-state index is 12.6. The summed E-state index contributed by atoms with van der Waals surface area (Å²) < 4.78 is 0. The summed E-state index contributed by atoms with van der Waals surface area (Å²) in [6.45, 7) is 2.32. The molecule has 5 nitrogen and oxygen atoms in total. The zero-order valence-corrected chi connectivity index (χ0v) is 14.9. The van der Waals surface area contributed by atoms with E-state index in [0.717, 1.165) is 11.1 Å². The van der Waals surface area contributed by atoms with Gasteiger partial charge in [-0.25, -0.2) is 0 Å². The van der Waals surface area contributed by atoms with E-state index in [9.17, 15) is 9.59 Å². The fourth-order valence-electron chi connectivity index (χ4n) is 3.38. The Kier molecular flexibility index (Phi) is 6.02. The molecule has 0 bridgehead atoms. The predicted molar refractivity (Wildman–Crippen MR) is 101 cm³/mol. The second-order valence-electron chi connectivity index (χ2n) is 6.70. The Morgan fingerprint density at radius 1 is 0.923 bits per heavy atom. The molecule has 1 heterocycles. The molecule has 0 aliphatic carbocycles. The summed E-state index contributed by atoms with van der Waals surface area (Å²) in [5.41, 5.74) is 7.91. The van der Waals surface area contributed by atoms with E-state index >= 15 is 0 Å². The number of benzene rings is 2. The van der Waals surface area contributed by atoms with Crippen LogP contribution in [0.15, 0.2) is 60.7 Å². The average molecular weight is 351 g/mol. The first-order valence-corrected chi connectivity index (χ1v) is 9.02. The van der Waals surface area contributed by atoms with E-state index in [1.807, 2.05) is 60.7 Å². The van der Waals surface area contributed by atoms with Crippen LogP contribution in [-0.2, 0) is 22.6 Å². The lowest BCUT2D eigenvalue weighted by Crippen LogP contribution is -2.58. The van der Waals surface area contributed by atoms with Crippen LogP contribution in [0.3, 0.4) is 0 Å². The standard InChI is InChI=1S/C21H25N3O2/c22-21(26)19-16-24(20(25)12-11-17-7-3-1-4-8-17)14-13-23(19)15-18-9-5-2-6-10-18/h1-10,19H,11-16H2,(H2,22,26). The van der Waals surface area contributed by atoms with Crippen LogP contribution in [0.5, 0.6) is 0 Å². The van der Waals surface area contributed by atoms with Gasteiger partial charge in [-0.3, -0.25) is 14.5 Å². The number of aryl methyl sites for hydroxylation is 1. The van der Waals surface area contributed by atoms with Gasteiger partial charge in [-0.05, 0) is 17.5 Å². The Hall–Kier alpha value is -2.66. The lowest BCUT2D eigenvalue weighted by molar-refractivity contribution is -0.137. The Morgan fingerprint density at radius 3 is 2.15 bits per heavy atom. The lowest BCUT2D eigenvalue weighted by Gasteiger charge is -2.40. The molecular formula is C21H25N3O2. The van der Waals surface area contributed by atoms with Crippen molar-refractivity contribution in [3.63, 3.8) is 0 Å². The Balaban J connectivity index is 1.58. The fraction of sp³-hybridized carbons (Fsp3) is 0.333. The second-order valence-corrected chi connectivity index (χ2v) is 6.70. The minimum absolute atomic E-state index is 0.0828. The number of rotatable bonds is 6. The van der Waals surface area contributed by atoms with Crippen molar-refractivity contribution in [2.75, 3.05) is 19.6 Å². The molecule has 1 aliphatic rings. The molecule has 0 aromatic heterocycles. The maximum Gasteiger partial charge on any atom is 0.236 e. The number of amides is 2. The highest BCUT2D eigenvalue weighted by molar-refractivity contribution is 5.82. The van der Waals surface area contributed by atoms with Crippen LogP contribution in [0.25, 0.3) is 0 Å². The van der Waals surface area contributed by atoms with E-state index in [4.69, 9.17) is 5.73 Å². The van der Waals surface area contributed by atoms with Crippen LogP contribution in [0.1, 0.15) is 17.5 Å². The molecular weight excluding hydrogens is 326 g/mol. The van der Waals surface area contributed by atoms with Gasteiger partial charge < -0.3 is 10.6 Å². The molecule has 0 saturated carbocycles. The minimum Gasteiger partial charge on any atom is -0.368 e. The van der Waals surface area contributed by atoms with Gasteiger partial charge in [-0.2, -0.15) is 0 Å². The van der Waals surface area contributed by atoms with Gasteiger partial charge in [0, 0.05) is 32.6 Å². The molecule has 1 unspecified atom stereocenters. The Morgan fingerprint density at radius 2 is 1.54 bits per heavy atom. The summed E-state index contributed by atoms with van der Waals surface area (Å²) >= 11 is 0. The number of primary amides is 1. The first-order valence-electron chi connectivity index (χ1n) is 9.02. The van der Waals surface area contributed by atoms with E-state index < -0.39 is 6.04 Å². The van der Waals surface area contributed by atoms with Crippen LogP contribution in [0.4, 0.5) is 0 Å². The van der Waals surface area contributed by atoms with Gasteiger partial charge >= 0.3 is 0 Å². The Bertz CT molecular complexity index is 733. The molecule has 136 valence electrons. The van der Waals surface area contributed by atoms with Crippen molar-refractivity contribution >= 4 is 11.8 Å². The first-order chi connectivity index (χ1) is 12.6. The summed E-state index contributed by atoms with van der Waals surface area (Å²) in [6.07, 6.45) is 1.17. The van der Waals surface area contributed by atoms with Crippen molar-refractivity contribution in [3.05, 3.63) is 71.8 Å². The normalized spacial score (nSPS) is 17.8. The monoisotopic (exact) mass is 351 g/mol. The van der Waals surface area contributed by atoms with Crippen LogP contribution in [0.2, 0.25) is 0 Å². The molecule has 26 heavy (non-hydrogen) atoms. The second kappa shape index (κ2) is 8.63. The first kappa shape index (κ1) is 18.1. The zero-order chi connectivity index (χ0) is 18.4. The van der Waals surface area contributed by atoms with E-state index in [0.29, 0.717) is 39.0 Å². The van der Waals surface area contributed by atoms with Crippen molar-refractivity contribution < 1.29 is 9.59 Å². The number of carbonyl (C=O) groups is 2. The van der Waals surface area contributed by atoms with Crippen molar-refractivity contribution in [2.24, 2.45) is 5.73 Å². The summed E-state index contributed by atoms with van der Waals surface area (Å²) in [4.78, 5) is 28.4. The molecule has 0 radical (unpaired) electrons. The van der Waals surface area contributed by atoms with Crippen LogP contribution >= 0.6 is 0 Å². The molecule has 2 N–H and O–H groups in total. The van der Waals surface area contributed by atoms with Crippen molar-refractivity contribution in [1.29, 1.82) is 0 Å². The zero-order valence-electron chi connectivity index (χ0n) is 14.9. The van der Waals surface area contributed by atoms with Gasteiger partial charge in [-0.15, -0.1) is 0 Å². The van der Waals surface area contributed by atoms with Gasteiger partial charge in [0.25, 0.3) is 0 Å². The third-order valence-electron chi connectivity index (χ3n) is 4.87. The smallest absolute Gasteiger partial charge is 0.236 e. The molecule has 1 saturated heterocycles. The molecule has 0 spiro atoms. The van der Waals surface area contributed by atoms with Crippen LogP contribution in [0, 0.1) is 0 Å². The van der Waals surface area contributed by atoms with Crippen molar-refractivity contribution in [1.82, 2.24) is 9.80 Å². The van der Waals surface area contributed by atoms with Gasteiger partial charge in [0.1, 0.15) is 6.04 Å². The molecule has 3 rings (SSSR count). The quantitative estimate of drug-likeness (QED) is 0.863. The highest BCUT2D eigenvalue weighted by atomic mass is 16.2. The lowest BCUT2D eigenvalue weighted by atomic mass is 10.1. The summed E-state index contributed by atoms with van der Waals surface area (Å²) in [5.74, 6) is -0.291. The number of hydrogen-bond acceptors (Lipinski definition) is 3. The van der Waals surface area contributed by atoms with E-state index in [1.165, 1.54) is 0 Å². The van der Waals surface area contributed by atoms with Crippen LogP contribution in [-0.4, -0.2) is 47.3 Å². The topological polar surface area (TPSA) is 66.6 Å². The van der Waals surface area contributed by atoms with Gasteiger partial charge in [0.2, 0.25) is 11.8 Å². The number of nitrogens with zero attached hydrogens (tertiary/aromatic N) is 2. The van der Waals surface area contributed by atoms with E-state index in [1.54, 1.807) is 4.90 Å². The molecule has 1 atom stereocenters. The van der Waals surface area contributed by atoms with Crippen molar-refractivity contribution in [3.8, 4) is 0 Å². The SMILES string of the molecule is NC(=O)C1CN(C(=O)CCc2ccccc2)CCN1Cc1ccccc1. The number of nitrogens with two attached hydrogens (primary N) is 1. The predicted octanol–water partition coefficient (Wildman–Crippen LogP) is 1.82. The number of piperazine rings is 1. The molecule has 5 heteroatoms. The molecule has 2 amide bonds. The summed E-state index contributed by atoms with van der Waals surface area (Å²) in [6, 6.07) is 19.5. The minimum atomic E-state index is -0.440. The third kappa shape index (κ3) is 4.70. The third-order valence-corrected chi connectivity index (χ3v) is 4.87. The molecule has 2 aromatic carbocycles. The molecule has 1 fully saturated rings. The van der Waals surface area contributed by atoms with Crippen LogP contribution < -0.4 is 5.73 Å². The van der Waals surface area contributed by atoms with Gasteiger partial charge in [-0.1, -0.05) is 60.7 Å². The van der Waals surface area contributed by atoms with Gasteiger partial charge in [0.05, 0.1) is 0 Å². The van der Waals surface area contributed by atoms with Gasteiger partial charge in [0.15, 0.2) is 0 Å². The Labute approximate surface area is 154 Å². The van der Waals surface area contributed by atoms with Crippen molar-refractivity contribution in [2.45, 2.75) is 25.4 Å². The van der Waals surface area contributed by atoms with E-state index in [-0.39, 0.29) is 11.8 Å². The molecule has 2 aromatic rings. The maximum absolute atomic E-state index is 12.6. The highest BCUT2D eigenvalue weighted by Crippen LogP contribution is 2.15.